The molecular weight excluding hydrogens is 480 g/mol. The van der Waals surface area contributed by atoms with E-state index in [0.717, 1.165) is 4.31 Å². The van der Waals surface area contributed by atoms with Crippen molar-refractivity contribution in [2.75, 3.05) is 37.0 Å². The standard InChI is InChI=1S/C24H25ClN2O6S/c1-4-33-18-11-9-17(10-12-18)27(16-24(28)26-21-8-6-5-7-20(21)25)34(29,30)19-13-14-22(31-2)23(15-19)32-3/h5-15H,4,16H2,1-3H3,(H,26,28). The van der Waals surface area contributed by atoms with E-state index >= 15 is 0 Å². The Kier molecular flexibility index (Phi) is 8.25. The average molecular weight is 505 g/mol. The number of nitrogens with zero attached hydrogens (tertiary/aromatic N) is 1. The Morgan fingerprint density at radius 1 is 0.971 bits per heavy atom. The van der Waals surface area contributed by atoms with E-state index in [9.17, 15) is 13.2 Å². The van der Waals surface area contributed by atoms with Gasteiger partial charge in [0, 0.05) is 6.07 Å². The van der Waals surface area contributed by atoms with Gasteiger partial charge < -0.3 is 19.5 Å². The van der Waals surface area contributed by atoms with Crippen molar-refractivity contribution in [3.8, 4) is 17.2 Å². The molecule has 0 aliphatic carbocycles. The van der Waals surface area contributed by atoms with E-state index in [1.54, 1.807) is 48.5 Å². The predicted molar refractivity (Wildman–Crippen MR) is 132 cm³/mol. The van der Waals surface area contributed by atoms with Crippen LogP contribution < -0.4 is 23.8 Å². The summed E-state index contributed by atoms with van der Waals surface area (Å²) in [5, 5.41) is 3.00. The third kappa shape index (κ3) is 5.73. The molecule has 0 aromatic heterocycles. The molecule has 3 aromatic carbocycles. The molecule has 1 amide bonds. The molecule has 3 rings (SSSR count). The Morgan fingerprint density at radius 2 is 1.65 bits per heavy atom. The van der Waals surface area contributed by atoms with Crippen LogP contribution in [0.4, 0.5) is 11.4 Å². The molecule has 0 bridgehead atoms. The molecule has 0 radical (unpaired) electrons. The highest BCUT2D eigenvalue weighted by molar-refractivity contribution is 7.92. The smallest absolute Gasteiger partial charge is 0.264 e. The highest BCUT2D eigenvalue weighted by Crippen LogP contribution is 2.33. The van der Waals surface area contributed by atoms with Crippen LogP contribution in [0.25, 0.3) is 0 Å². The third-order valence-corrected chi connectivity index (χ3v) is 6.91. The van der Waals surface area contributed by atoms with Crippen molar-refractivity contribution in [2.24, 2.45) is 0 Å². The van der Waals surface area contributed by atoms with E-state index in [1.807, 2.05) is 6.92 Å². The average Bonchev–Trinajstić information content (AvgIpc) is 2.84. The molecule has 0 saturated heterocycles. The van der Waals surface area contributed by atoms with Crippen LogP contribution in [0, 0.1) is 0 Å². The molecule has 0 fully saturated rings. The fourth-order valence-electron chi connectivity index (χ4n) is 3.18. The summed E-state index contributed by atoms with van der Waals surface area (Å²) in [5.41, 5.74) is 0.664. The lowest BCUT2D eigenvalue weighted by molar-refractivity contribution is -0.114. The maximum absolute atomic E-state index is 13.7. The number of ether oxygens (including phenoxy) is 3. The largest absolute Gasteiger partial charge is 0.494 e. The number of methoxy groups -OCH3 is 2. The summed E-state index contributed by atoms with van der Waals surface area (Å²) in [6.07, 6.45) is 0. The number of halogens is 1. The van der Waals surface area contributed by atoms with Crippen molar-refractivity contribution in [1.82, 2.24) is 0 Å². The Balaban J connectivity index is 2.00. The first kappa shape index (κ1) is 25.2. The van der Waals surface area contributed by atoms with Gasteiger partial charge in [0.25, 0.3) is 10.0 Å². The van der Waals surface area contributed by atoms with E-state index in [1.165, 1.54) is 32.4 Å². The summed E-state index contributed by atoms with van der Waals surface area (Å²) in [6.45, 7) is 1.82. The first-order valence-corrected chi connectivity index (χ1v) is 12.1. The molecule has 0 saturated carbocycles. The maximum atomic E-state index is 13.7. The van der Waals surface area contributed by atoms with Crippen LogP contribution in [0.15, 0.2) is 71.6 Å². The van der Waals surface area contributed by atoms with Crippen molar-refractivity contribution >= 4 is 38.9 Å². The second-order valence-electron chi connectivity index (χ2n) is 6.98. The Bertz CT molecular complexity index is 1250. The lowest BCUT2D eigenvalue weighted by Gasteiger charge is -2.25. The van der Waals surface area contributed by atoms with Gasteiger partial charge in [0.1, 0.15) is 12.3 Å². The zero-order valence-electron chi connectivity index (χ0n) is 18.9. The predicted octanol–water partition coefficient (Wildman–Crippen LogP) is 4.59. The summed E-state index contributed by atoms with van der Waals surface area (Å²) in [7, 11) is -1.30. The molecular formula is C24H25ClN2O6S. The molecule has 0 atom stereocenters. The van der Waals surface area contributed by atoms with Crippen molar-refractivity contribution in [3.05, 3.63) is 71.8 Å². The van der Waals surface area contributed by atoms with E-state index in [0.29, 0.717) is 28.8 Å². The minimum Gasteiger partial charge on any atom is -0.494 e. The minimum atomic E-state index is -4.17. The van der Waals surface area contributed by atoms with Gasteiger partial charge in [0.15, 0.2) is 11.5 Å². The normalized spacial score (nSPS) is 10.9. The molecule has 10 heteroatoms. The quantitative estimate of drug-likeness (QED) is 0.434. The van der Waals surface area contributed by atoms with Gasteiger partial charge in [-0.1, -0.05) is 23.7 Å². The number of nitrogens with one attached hydrogen (secondary N) is 1. The molecule has 8 nitrogen and oxygen atoms in total. The second kappa shape index (κ2) is 11.1. The fourth-order valence-corrected chi connectivity index (χ4v) is 4.80. The highest BCUT2D eigenvalue weighted by atomic mass is 35.5. The zero-order chi connectivity index (χ0) is 24.7. The Morgan fingerprint density at radius 3 is 2.26 bits per heavy atom. The van der Waals surface area contributed by atoms with Gasteiger partial charge in [0.2, 0.25) is 5.91 Å². The van der Waals surface area contributed by atoms with Crippen molar-refractivity contribution in [1.29, 1.82) is 0 Å². The number of carbonyl (C=O) groups excluding carboxylic acids is 1. The molecule has 0 aliphatic heterocycles. The molecule has 0 spiro atoms. The topological polar surface area (TPSA) is 94.2 Å². The molecule has 0 unspecified atom stereocenters. The van der Waals surface area contributed by atoms with Crippen molar-refractivity contribution in [2.45, 2.75) is 11.8 Å². The zero-order valence-corrected chi connectivity index (χ0v) is 20.5. The highest BCUT2D eigenvalue weighted by Gasteiger charge is 2.28. The number of amides is 1. The molecule has 180 valence electrons. The van der Waals surface area contributed by atoms with Crippen LogP contribution in [0.1, 0.15) is 6.92 Å². The van der Waals surface area contributed by atoms with E-state index < -0.39 is 22.5 Å². The summed E-state index contributed by atoms with van der Waals surface area (Å²) < 4.78 is 44.2. The van der Waals surface area contributed by atoms with Gasteiger partial charge in [-0.05, 0) is 55.5 Å². The first-order chi connectivity index (χ1) is 16.3. The van der Waals surface area contributed by atoms with Crippen LogP contribution in [0.5, 0.6) is 17.2 Å². The SMILES string of the molecule is CCOc1ccc(N(CC(=O)Nc2ccccc2Cl)S(=O)(=O)c2ccc(OC)c(OC)c2)cc1. The van der Waals surface area contributed by atoms with E-state index in [4.69, 9.17) is 25.8 Å². The summed E-state index contributed by atoms with van der Waals surface area (Å²) in [5.74, 6) is 0.641. The van der Waals surface area contributed by atoms with Gasteiger partial charge in [-0.2, -0.15) is 0 Å². The summed E-state index contributed by atoms with van der Waals surface area (Å²) in [6, 6.07) is 17.4. The summed E-state index contributed by atoms with van der Waals surface area (Å²) >= 11 is 6.13. The lowest BCUT2D eigenvalue weighted by atomic mass is 10.3. The van der Waals surface area contributed by atoms with Gasteiger partial charge in [0.05, 0.1) is 42.1 Å². The van der Waals surface area contributed by atoms with Crippen LogP contribution >= 0.6 is 11.6 Å². The molecule has 0 aliphatic rings. The van der Waals surface area contributed by atoms with E-state index in [-0.39, 0.29) is 16.3 Å². The number of benzene rings is 3. The van der Waals surface area contributed by atoms with Gasteiger partial charge in [-0.25, -0.2) is 8.42 Å². The fraction of sp³-hybridized carbons (Fsp3) is 0.208. The molecule has 34 heavy (non-hydrogen) atoms. The van der Waals surface area contributed by atoms with Gasteiger partial charge in [-0.15, -0.1) is 0 Å². The number of para-hydroxylation sites is 1. The Hall–Kier alpha value is -3.43. The number of anilines is 2. The first-order valence-electron chi connectivity index (χ1n) is 10.3. The Labute approximate surface area is 204 Å². The maximum Gasteiger partial charge on any atom is 0.264 e. The van der Waals surface area contributed by atoms with Crippen LogP contribution in [-0.2, 0) is 14.8 Å². The number of rotatable bonds is 10. The summed E-state index contributed by atoms with van der Waals surface area (Å²) in [4.78, 5) is 12.8. The molecule has 3 aromatic rings. The second-order valence-corrected chi connectivity index (χ2v) is 9.25. The van der Waals surface area contributed by atoms with Crippen molar-refractivity contribution in [3.63, 3.8) is 0 Å². The number of sulfonamides is 1. The van der Waals surface area contributed by atoms with Crippen LogP contribution in [0.3, 0.4) is 0 Å². The van der Waals surface area contributed by atoms with E-state index in [2.05, 4.69) is 5.32 Å². The monoisotopic (exact) mass is 504 g/mol. The number of carbonyl (C=O) groups is 1. The molecule has 0 heterocycles. The number of hydrogen-bond acceptors (Lipinski definition) is 6. The van der Waals surface area contributed by atoms with Gasteiger partial charge >= 0.3 is 0 Å². The number of hydrogen-bond donors (Lipinski definition) is 1. The lowest BCUT2D eigenvalue weighted by Crippen LogP contribution is -2.38. The van der Waals surface area contributed by atoms with Crippen molar-refractivity contribution < 1.29 is 27.4 Å². The third-order valence-electron chi connectivity index (χ3n) is 4.81. The van der Waals surface area contributed by atoms with Crippen LogP contribution in [0.2, 0.25) is 5.02 Å². The minimum absolute atomic E-state index is 0.0652. The molecule has 1 N–H and O–H groups in total. The van der Waals surface area contributed by atoms with Gasteiger partial charge in [-0.3, -0.25) is 9.10 Å². The van der Waals surface area contributed by atoms with Crippen LogP contribution in [-0.4, -0.2) is 41.7 Å².